The summed E-state index contributed by atoms with van der Waals surface area (Å²) in [6, 6.07) is 48.4. The molecule has 5 heteroatoms. The Kier molecular flexibility index (Phi) is 6.14. The Balaban J connectivity index is 1.44. The molecule has 44 heavy (non-hydrogen) atoms. The van der Waals surface area contributed by atoms with Gasteiger partial charge in [0.15, 0.2) is 11.4 Å². The molecule has 0 N–H and O–H groups in total. The van der Waals surface area contributed by atoms with Crippen LogP contribution in [-0.4, -0.2) is 18.2 Å². The average Bonchev–Trinajstić information content (AvgIpc) is 3.44. The van der Waals surface area contributed by atoms with E-state index in [0.29, 0.717) is 24.9 Å². The standard InChI is InChI=1S/C39H33NO4/c1-2-40-34-26-16-15-25-33(34)35(41)36-27-37(29-17-7-3-8-18-29,30-19-9-4-10-20-30)42-39(36,40)44-43-38(28-36,31-21-11-5-12-22-31)32-23-13-6-14-24-32/h3-26H,2,27-28H2,1H3. The number of rotatable bonds is 5. The predicted octanol–water partition coefficient (Wildman–Crippen LogP) is 8.01. The van der Waals surface area contributed by atoms with Crippen molar-refractivity contribution in [3.05, 3.63) is 173 Å². The van der Waals surface area contributed by atoms with Gasteiger partial charge in [-0.05, 0) is 41.3 Å². The predicted molar refractivity (Wildman–Crippen MR) is 169 cm³/mol. The van der Waals surface area contributed by atoms with E-state index >= 15 is 4.79 Å². The van der Waals surface area contributed by atoms with E-state index in [1.807, 2.05) is 97.1 Å². The van der Waals surface area contributed by atoms with Gasteiger partial charge in [-0.2, -0.15) is 4.89 Å². The molecule has 2 atom stereocenters. The first-order valence-electron chi connectivity index (χ1n) is 15.3. The third kappa shape index (κ3) is 3.55. The molecule has 3 heterocycles. The fourth-order valence-electron chi connectivity index (χ4n) is 7.90. The van der Waals surface area contributed by atoms with Crippen molar-refractivity contribution in [2.45, 2.75) is 36.9 Å². The number of carbonyl (C=O) groups excluding carboxylic acids is 1. The van der Waals surface area contributed by atoms with Gasteiger partial charge >= 0.3 is 0 Å². The number of hydrogen-bond acceptors (Lipinski definition) is 5. The van der Waals surface area contributed by atoms with E-state index in [0.717, 1.165) is 27.9 Å². The number of Topliss-reactive ketones (excluding diaryl/α,β-unsaturated/α-hetero) is 1. The molecule has 5 aromatic carbocycles. The lowest BCUT2D eigenvalue weighted by atomic mass is 9.60. The Morgan fingerprint density at radius 2 is 1.00 bits per heavy atom. The maximum Gasteiger partial charge on any atom is 0.296 e. The van der Waals surface area contributed by atoms with Gasteiger partial charge in [-0.25, -0.2) is 4.89 Å². The molecule has 2 fully saturated rings. The van der Waals surface area contributed by atoms with Gasteiger partial charge in [-0.3, -0.25) is 4.79 Å². The van der Waals surface area contributed by atoms with Gasteiger partial charge in [0.05, 0.1) is 5.69 Å². The molecule has 0 bridgehead atoms. The molecule has 3 aliphatic heterocycles. The molecule has 218 valence electrons. The van der Waals surface area contributed by atoms with E-state index < -0.39 is 22.5 Å². The number of hydrogen-bond donors (Lipinski definition) is 0. The Hall–Kier alpha value is -4.55. The largest absolute Gasteiger partial charge is 0.317 e. The summed E-state index contributed by atoms with van der Waals surface area (Å²) < 4.78 is 7.46. The molecule has 0 aromatic heterocycles. The first kappa shape index (κ1) is 27.0. The lowest BCUT2D eigenvalue weighted by Crippen LogP contribution is -2.70. The van der Waals surface area contributed by atoms with E-state index in [1.165, 1.54) is 0 Å². The number of anilines is 1. The number of fused-ring (bicyclic) bond motifs is 1. The summed E-state index contributed by atoms with van der Waals surface area (Å²) in [7, 11) is 0. The van der Waals surface area contributed by atoms with Crippen LogP contribution in [-0.2, 0) is 25.7 Å². The second kappa shape index (κ2) is 10.00. The molecule has 0 spiro atoms. The second-order valence-electron chi connectivity index (χ2n) is 12.0. The molecule has 2 saturated heterocycles. The van der Waals surface area contributed by atoms with Crippen molar-refractivity contribution < 1.29 is 19.3 Å². The average molecular weight is 580 g/mol. The molecule has 8 rings (SSSR count). The van der Waals surface area contributed by atoms with Crippen LogP contribution in [0.4, 0.5) is 5.69 Å². The van der Waals surface area contributed by atoms with Crippen LogP contribution in [0, 0.1) is 5.41 Å². The summed E-state index contributed by atoms with van der Waals surface area (Å²) in [6.45, 7) is 2.61. The summed E-state index contributed by atoms with van der Waals surface area (Å²) in [5, 5.41) is 0. The van der Waals surface area contributed by atoms with Crippen LogP contribution < -0.4 is 4.90 Å². The molecule has 0 aliphatic carbocycles. The van der Waals surface area contributed by atoms with Crippen LogP contribution in [0.5, 0.6) is 0 Å². The van der Waals surface area contributed by atoms with Gasteiger partial charge in [0, 0.05) is 24.9 Å². The van der Waals surface area contributed by atoms with Gasteiger partial charge in [0.1, 0.15) is 11.0 Å². The minimum Gasteiger partial charge on any atom is -0.317 e. The second-order valence-corrected chi connectivity index (χ2v) is 12.0. The maximum absolute atomic E-state index is 15.4. The quantitative estimate of drug-likeness (QED) is 0.198. The van der Waals surface area contributed by atoms with E-state index in [9.17, 15) is 0 Å². The highest BCUT2D eigenvalue weighted by molar-refractivity contribution is 6.08. The Morgan fingerprint density at radius 3 is 1.50 bits per heavy atom. The van der Waals surface area contributed by atoms with E-state index in [-0.39, 0.29) is 5.78 Å². The number of benzene rings is 5. The molecule has 5 nitrogen and oxygen atoms in total. The number of carbonyl (C=O) groups is 1. The monoisotopic (exact) mass is 579 g/mol. The zero-order valence-corrected chi connectivity index (χ0v) is 24.6. The van der Waals surface area contributed by atoms with Crippen LogP contribution >= 0.6 is 0 Å². The van der Waals surface area contributed by atoms with Crippen molar-refractivity contribution in [3.8, 4) is 0 Å². The number of ether oxygens (including phenoxy) is 1. The van der Waals surface area contributed by atoms with Gasteiger partial charge in [0.2, 0.25) is 0 Å². The molecular weight excluding hydrogens is 546 g/mol. The zero-order valence-electron chi connectivity index (χ0n) is 24.6. The Bertz CT molecular complexity index is 1730. The normalized spacial score (nSPS) is 24.7. The van der Waals surface area contributed by atoms with Crippen molar-refractivity contribution in [1.82, 2.24) is 0 Å². The minimum absolute atomic E-state index is 0.00562. The third-order valence-corrected chi connectivity index (χ3v) is 9.82. The van der Waals surface area contributed by atoms with Gasteiger partial charge in [-0.15, -0.1) is 0 Å². The van der Waals surface area contributed by atoms with E-state index in [2.05, 4.69) is 60.4 Å². The SMILES string of the molecule is CCN1c2ccccc2C(=O)C23CC(c4ccccc4)(c4ccccc4)OOC12OC(c1ccccc1)(c1ccccc1)C3. The summed E-state index contributed by atoms with van der Waals surface area (Å²) >= 11 is 0. The fourth-order valence-corrected chi connectivity index (χ4v) is 7.90. The zero-order chi connectivity index (χ0) is 29.8. The topological polar surface area (TPSA) is 48.0 Å². The Labute approximate surface area is 257 Å². The van der Waals surface area contributed by atoms with Crippen LogP contribution in [0.3, 0.4) is 0 Å². The van der Waals surface area contributed by atoms with Crippen molar-refractivity contribution in [3.63, 3.8) is 0 Å². The smallest absolute Gasteiger partial charge is 0.296 e. The highest BCUT2D eigenvalue weighted by Gasteiger charge is 2.79. The highest BCUT2D eigenvalue weighted by atomic mass is 17.2. The van der Waals surface area contributed by atoms with Crippen LogP contribution in [0.1, 0.15) is 52.4 Å². The van der Waals surface area contributed by atoms with E-state index in [1.54, 1.807) is 0 Å². The lowest BCUT2D eigenvalue weighted by Gasteiger charge is -2.58. The van der Waals surface area contributed by atoms with Gasteiger partial charge < -0.3 is 9.64 Å². The van der Waals surface area contributed by atoms with Crippen LogP contribution in [0.15, 0.2) is 146 Å². The summed E-state index contributed by atoms with van der Waals surface area (Å²) in [4.78, 5) is 31.0. The molecule has 2 unspecified atom stereocenters. The number of nitrogens with zero attached hydrogens (tertiary/aromatic N) is 1. The molecule has 0 saturated carbocycles. The van der Waals surface area contributed by atoms with Crippen LogP contribution in [0.2, 0.25) is 0 Å². The Morgan fingerprint density at radius 1 is 0.568 bits per heavy atom. The summed E-state index contributed by atoms with van der Waals surface area (Å²) in [5.41, 5.74) is 1.98. The van der Waals surface area contributed by atoms with Gasteiger partial charge in [-0.1, -0.05) is 133 Å². The first-order valence-corrected chi connectivity index (χ1v) is 15.3. The lowest BCUT2D eigenvalue weighted by molar-refractivity contribution is -0.506. The highest BCUT2D eigenvalue weighted by Crippen LogP contribution is 2.69. The van der Waals surface area contributed by atoms with Crippen molar-refractivity contribution in [2.75, 3.05) is 11.4 Å². The van der Waals surface area contributed by atoms with Crippen LogP contribution in [0.25, 0.3) is 0 Å². The van der Waals surface area contributed by atoms with Gasteiger partial charge in [0.25, 0.3) is 5.91 Å². The molecule has 0 amide bonds. The minimum atomic E-state index is -1.54. The van der Waals surface area contributed by atoms with E-state index in [4.69, 9.17) is 14.5 Å². The molecule has 3 aliphatic rings. The fraction of sp³-hybridized carbons (Fsp3) is 0.205. The molecule has 0 radical (unpaired) electrons. The van der Waals surface area contributed by atoms with Crippen molar-refractivity contribution in [2.24, 2.45) is 5.41 Å². The maximum atomic E-state index is 15.4. The first-order chi connectivity index (χ1) is 21.6. The number of ketones is 1. The molecule has 5 aromatic rings. The third-order valence-electron chi connectivity index (χ3n) is 9.82. The summed E-state index contributed by atoms with van der Waals surface area (Å²) in [5.74, 6) is -1.53. The van der Waals surface area contributed by atoms with Crippen molar-refractivity contribution in [1.29, 1.82) is 0 Å². The molecular formula is C39H33NO4. The number of para-hydroxylation sites is 1. The summed E-state index contributed by atoms with van der Waals surface area (Å²) in [6.07, 6.45) is 0.682. The van der Waals surface area contributed by atoms with Crippen molar-refractivity contribution >= 4 is 11.5 Å².